The van der Waals surface area contributed by atoms with E-state index in [2.05, 4.69) is 13.0 Å². The van der Waals surface area contributed by atoms with Crippen LogP contribution >= 0.6 is 0 Å². The van der Waals surface area contributed by atoms with Crippen LogP contribution in [0, 0.1) is 0 Å². The fraction of sp³-hybridized carbons (Fsp3) is 0.909. The fourth-order valence-corrected chi connectivity index (χ4v) is 3.14. The lowest BCUT2D eigenvalue weighted by Gasteiger charge is -2.03. The second-order valence-corrected chi connectivity index (χ2v) is 7.32. The normalized spacial score (nSPS) is 13.0. The van der Waals surface area contributed by atoms with Crippen molar-refractivity contribution in [2.45, 2.75) is 122 Å². The lowest BCUT2D eigenvalue weighted by Crippen LogP contribution is -2.16. The maximum Gasteiger partial charge on any atom is 0.0843 e. The second kappa shape index (κ2) is 20.7. The van der Waals surface area contributed by atoms with Gasteiger partial charge in [0.2, 0.25) is 0 Å². The monoisotopic (exact) mass is 339 g/mol. The molecular weight excluding hydrogens is 294 g/mol. The second-order valence-electron chi connectivity index (χ2n) is 7.32. The van der Waals surface area contributed by atoms with Gasteiger partial charge in [-0.15, -0.1) is 0 Å². The zero-order chi connectivity index (χ0) is 17.7. The molecular formula is C22H45NO. The van der Waals surface area contributed by atoms with Gasteiger partial charge in [0.1, 0.15) is 0 Å². The van der Waals surface area contributed by atoms with Crippen molar-refractivity contribution in [2.75, 3.05) is 6.54 Å². The summed E-state index contributed by atoms with van der Waals surface area (Å²) in [5.41, 5.74) is 5.35. The highest BCUT2D eigenvalue weighted by molar-refractivity contribution is 4.88. The fourth-order valence-electron chi connectivity index (χ4n) is 3.14. The van der Waals surface area contributed by atoms with E-state index < -0.39 is 6.10 Å². The van der Waals surface area contributed by atoms with Gasteiger partial charge in [-0.3, -0.25) is 0 Å². The lowest BCUT2D eigenvalue weighted by molar-refractivity contribution is 0.231. The van der Waals surface area contributed by atoms with Crippen LogP contribution in [-0.2, 0) is 0 Å². The summed E-state index contributed by atoms with van der Waals surface area (Å²) in [6.45, 7) is 2.61. The van der Waals surface area contributed by atoms with Gasteiger partial charge in [0.25, 0.3) is 0 Å². The van der Waals surface area contributed by atoms with Gasteiger partial charge in [0.15, 0.2) is 0 Å². The van der Waals surface area contributed by atoms with Crippen molar-refractivity contribution >= 4 is 0 Å². The van der Waals surface area contributed by atoms with Gasteiger partial charge in [0.05, 0.1) is 6.10 Å². The molecule has 0 aromatic carbocycles. The van der Waals surface area contributed by atoms with E-state index in [1.807, 2.05) is 6.08 Å². The van der Waals surface area contributed by atoms with E-state index in [4.69, 9.17) is 5.73 Å². The Kier molecular flexibility index (Phi) is 20.4. The Balaban J connectivity index is 3.04. The molecule has 0 rings (SSSR count). The van der Waals surface area contributed by atoms with Crippen molar-refractivity contribution in [3.8, 4) is 0 Å². The molecule has 0 aliphatic heterocycles. The molecule has 0 aliphatic carbocycles. The number of hydrogen-bond acceptors (Lipinski definition) is 2. The molecule has 0 aliphatic rings. The smallest absolute Gasteiger partial charge is 0.0843 e. The molecule has 0 saturated carbocycles. The Morgan fingerprint density at radius 1 is 0.667 bits per heavy atom. The van der Waals surface area contributed by atoms with E-state index in [0.29, 0.717) is 6.54 Å². The maximum absolute atomic E-state index is 9.28. The average molecular weight is 340 g/mol. The molecule has 0 spiro atoms. The molecule has 0 bridgehead atoms. The quantitative estimate of drug-likeness (QED) is 0.208. The molecule has 3 N–H and O–H groups in total. The third-order valence-electron chi connectivity index (χ3n) is 4.82. The van der Waals surface area contributed by atoms with Crippen molar-refractivity contribution in [1.82, 2.24) is 0 Å². The summed E-state index contributed by atoms with van der Waals surface area (Å²) in [5, 5.41) is 9.28. The lowest BCUT2D eigenvalue weighted by atomic mass is 10.0. The van der Waals surface area contributed by atoms with E-state index >= 15 is 0 Å². The van der Waals surface area contributed by atoms with Crippen LogP contribution < -0.4 is 5.73 Å². The highest BCUT2D eigenvalue weighted by Crippen LogP contribution is 2.14. The topological polar surface area (TPSA) is 46.2 Å². The van der Waals surface area contributed by atoms with Gasteiger partial charge >= 0.3 is 0 Å². The molecule has 0 fully saturated rings. The molecule has 144 valence electrons. The largest absolute Gasteiger partial charge is 0.388 e. The van der Waals surface area contributed by atoms with Crippen molar-refractivity contribution in [3.05, 3.63) is 12.2 Å². The van der Waals surface area contributed by atoms with Gasteiger partial charge in [-0.05, 0) is 12.8 Å². The van der Waals surface area contributed by atoms with Gasteiger partial charge in [0, 0.05) is 6.54 Å². The van der Waals surface area contributed by atoms with Crippen LogP contribution in [0.15, 0.2) is 12.2 Å². The van der Waals surface area contributed by atoms with Gasteiger partial charge in [-0.1, -0.05) is 115 Å². The zero-order valence-corrected chi connectivity index (χ0v) is 16.5. The molecule has 0 aromatic rings. The summed E-state index contributed by atoms with van der Waals surface area (Å²) < 4.78 is 0. The SMILES string of the molecule is CCCCCCCCCCCCCCCCCCC=CC(O)CN. The summed E-state index contributed by atoms with van der Waals surface area (Å²) in [6.07, 6.45) is 27.1. The molecule has 1 atom stereocenters. The molecule has 2 nitrogen and oxygen atoms in total. The van der Waals surface area contributed by atoms with Crippen LogP contribution in [0.3, 0.4) is 0 Å². The highest BCUT2D eigenvalue weighted by Gasteiger charge is 1.95. The van der Waals surface area contributed by atoms with E-state index in [-0.39, 0.29) is 0 Å². The third kappa shape index (κ3) is 19.7. The number of hydrogen-bond donors (Lipinski definition) is 2. The Labute approximate surface area is 152 Å². The number of allylic oxidation sites excluding steroid dienone is 1. The van der Waals surface area contributed by atoms with Crippen LogP contribution in [0.2, 0.25) is 0 Å². The molecule has 0 amide bonds. The summed E-state index contributed by atoms with van der Waals surface area (Å²) in [7, 11) is 0. The number of unbranched alkanes of at least 4 members (excludes halogenated alkanes) is 16. The van der Waals surface area contributed by atoms with Gasteiger partial charge in [-0.25, -0.2) is 0 Å². The molecule has 1 unspecified atom stereocenters. The van der Waals surface area contributed by atoms with E-state index in [1.165, 1.54) is 103 Å². The Bertz CT molecular complexity index is 252. The van der Waals surface area contributed by atoms with Crippen LogP contribution in [0.4, 0.5) is 0 Å². The molecule has 0 heterocycles. The molecule has 2 heteroatoms. The minimum absolute atomic E-state index is 0.329. The first-order valence-corrected chi connectivity index (χ1v) is 10.9. The predicted octanol–water partition coefficient (Wildman–Crippen LogP) is 6.51. The van der Waals surface area contributed by atoms with E-state index in [0.717, 1.165) is 6.42 Å². The van der Waals surface area contributed by atoms with E-state index in [1.54, 1.807) is 0 Å². The first kappa shape index (κ1) is 23.7. The van der Waals surface area contributed by atoms with Crippen LogP contribution in [0.1, 0.15) is 116 Å². The highest BCUT2D eigenvalue weighted by atomic mass is 16.3. The van der Waals surface area contributed by atoms with E-state index in [9.17, 15) is 5.11 Å². The van der Waals surface area contributed by atoms with Crippen molar-refractivity contribution < 1.29 is 5.11 Å². The van der Waals surface area contributed by atoms with Crippen LogP contribution in [0.25, 0.3) is 0 Å². The number of aliphatic hydroxyl groups excluding tert-OH is 1. The Morgan fingerprint density at radius 2 is 1.04 bits per heavy atom. The Morgan fingerprint density at radius 3 is 1.42 bits per heavy atom. The summed E-state index contributed by atoms with van der Waals surface area (Å²) in [4.78, 5) is 0. The Hall–Kier alpha value is -0.340. The third-order valence-corrected chi connectivity index (χ3v) is 4.82. The average Bonchev–Trinajstić information content (AvgIpc) is 2.60. The molecule has 0 aromatic heterocycles. The van der Waals surface area contributed by atoms with Crippen molar-refractivity contribution in [3.63, 3.8) is 0 Å². The molecule has 0 saturated heterocycles. The summed E-state index contributed by atoms with van der Waals surface area (Å²) in [6, 6.07) is 0. The van der Waals surface area contributed by atoms with Crippen molar-refractivity contribution in [2.24, 2.45) is 5.73 Å². The van der Waals surface area contributed by atoms with Crippen LogP contribution in [0.5, 0.6) is 0 Å². The number of aliphatic hydroxyl groups is 1. The summed E-state index contributed by atoms with van der Waals surface area (Å²) in [5.74, 6) is 0. The minimum Gasteiger partial charge on any atom is -0.388 e. The number of nitrogens with two attached hydrogens (primary N) is 1. The van der Waals surface area contributed by atoms with Gasteiger partial charge in [-0.2, -0.15) is 0 Å². The maximum atomic E-state index is 9.28. The van der Waals surface area contributed by atoms with Crippen LogP contribution in [-0.4, -0.2) is 17.8 Å². The molecule has 24 heavy (non-hydrogen) atoms. The van der Waals surface area contributed by atoms with Gasteiger partial charge < -0.3 is 10.8 Å². The summed E-state index contributed by atoms with van der Waals surface area (Å²) >= 11 is 0. The first-order valence-electron chi connectivity index (χ1n) is 10.9. The number of rotatable bonds is 19. The first-order chi connectivity index (χ1) is 11.8. The molecule has 0 radical (unpaired) electrons. The van der Waals surface area contributed by atoms with Crippen molar-refractivity contribution in [1.29, 1.82) is 0 Å². The zero-order valence-electron chi connectivity index (χ0n) is 16.5. The standard InChI is InChI=1S/C22H45NO/c1-2-3-4-5-6-7-8-9-10-11-12-13-14-15-16-17-18-19-20-22(24)21-23/h19-20,22,24H,2-18,21,23H2,1H3. The minimum atomic E-state index is -0.453. The predicted molar refractivity (Wildman–Crippen MR) is 108 cm³/mol.